The summed E-state index contributed by atoms with van der Waals surface area (Å²) >= 11 is 7.72. The summed E-state index contributed by atoms with van der Waals surface area (Å²) in [4.78, 5) is 11.8. The Balaban J connectivity index is 2.00. The lowest BCUT2D eigenvalue weighted by atomic mass is 10.1. The third kappa shape index (κ3) is 3.91. The first-order chi connectivity index (χ1) is 9.06. The molecular weight excluding hydrogens is 382 g/mol. The molecule has 0 amide bonds. The van der Waals surface area contributed by atoms with Gasteiger partial charge in [-0.3, -0.25) is 4.79 Å². The molecule has 0 heterocycles. The van der Waals surface area contributed by atoms with Crippen molar-refractivity contribution >= 4 is 40.0 Å². The quantitative estimate of drug-likeness (QED) is 0.573. The van der Waals surface area contributed by atoms with Gasteiger partial charge in [0.2, 0.25) is 0 Å². The minimum Gasteiger partial charge on any atom is -0.485 e. The number of hydrogen-bond acceptors (Lipinski definition) is 2. The first-order valence-corrected chi connectivity index (χ1v) is 6.88. The van der Waals surface area contributed by atoms with E-state index in [-0.39, 0.29) is 23.2 Å². The van der Waals surface area contributed by atoms with Crippen molar-refractivity contribution in [2.45, 2.75) is 0 Å². The molecule has 2 rings (SSSR count). The number of ether oxygens (including phenoxy) is 1. The highest BCUT2D eigenvalue weighted by Gasteiger charge is 2.08. The minimum atomic E-state index is -0.569. The molecular formula is C14H9ClFIO2. The van der Waals surface area contributed by atoms with Crippen LogP contribution in [-0.2, 0) is 0 Å². The summed E-state index contributed by atoms with van der Waals surface area (Å²) in [6, 6.07) is 11.2. The van der Waals surface area contributed by atoms with Gasteiger partial charge in [0.05, 0.1) is 5.02 Å². The lowest BCUT2D eigenvalue weighted by Crippen LogP contribution is -2.11. The smallest absolute Gasteiger partial charge is 0.200 e. The number of carbonyl (C=O) groups is 1. The molecule has 0 atom stereocenters. The number of carbonyl (C=O) groups excluding carboxylic acids is 1. The van der Waals surface area contributed by atoms with Gasteiger partial charge in [0.25, 0.3) is 0 Å². The van der Waals surface area contributed by atoms with Gasteiger partial charge in [-0.05, 0) is 46.9 Å². The Morgan fingerprint density at radius 3 is 2.53 bits per heavy atom. The normalized spacial score (nSPS) is 10.3. The van der Waals surface area contributed by atoms with Gasteiger partial charge >= 0.3 is 0 Å². The molecule has 0 radical (unpaired) electrons. The van der Waals surface area contributed by atoms with E-state index in [9.17, 15) is 9.18 Å². The standard InChI is InChI=1S/C14H9ClFIO2/c15-12-6-5-11(7-13(12)16)19-8-14(18)9-1-3-10(17)4-2-9/h1-7H,8H2. The van der Waals surface area contributed by atoms with Gasteiger partial charge in [-0.15, -0.1) is 0 Å². The van der Waals surface area contributed by atoms with Gasteiger partial charge in [-0.25, -0.2) is 4.39 Å². The Labute approximate surface area is 128 Å². The van der Waals surface area contributed by atoms with E-state index < -0.39 is 5.82 Å². The van der Waals surface area contributed by atoms with E-state index in [1.54, 1.807) is 12.1 Å². The highest BCUT2D eigenvalue weighted by Crippen LogP contribution is 2.20. The Morgan fingerprint density at radius 1 is 1.21 bits per heavy atom. The van der Waals surface area contributed by atoms with E-state index in [0.717, 1.165) is 9.64 Å². The molecule has 0 aliphatic rings. The highest BCUT2D eigenvalue weighted by atomic mass is 127. The van der Waals surface area contributed by atoms with Crippen molar-refractivity contribution in [2.75, 3.05) is 6.61 Å². The molecule has 0 fully saturated rings. The van der Waals surface area contributed by atoms with Gasteiger partial charge < -0.3 is 4.74 Å². The number of hydrogen-bond donors (Lipinski definition) is 0. The summed E-state index contributed by atoms with van der Waals surface area (Å²) in [6.07, 6.45) is 0. The number of Topliss-reactive ketones (excluding diaryl/α,β-unsaturated/α-hetero) is 1. The van der Waals surface area contributed by atoms with E-state index in [4.69, 9.17) is 16.3 Å². The molecule has 2 aromatic rings. The van der Waals surface area contributed by atoms with Crippen LogP contribution in [0.3, 0.4) is 0 Å². The van der Waals surface area contributed by atoms with Crippen LogP contribution in [0.1, 0.15) is 10.4 Å². The monoisotopic (exact) mass is 390 g/mol. The molecule has 0 aromatic heterocycles. The van der Waals surface area contributed by atoms with Crippen molar-refractivity contribution in [2.24, 2.45) is 0 Å². The molecule has 0 unspecified atom stereocenters. The predicted octanol–water partition coefficient (Wildman–Crippen LogP) is 4.35. The van der Waals surface area contributed by atoms with Crippen molar-refractivity contribution in [1.82, 2.24) is 0 Å². The zero-order valence-corrected chi connectivity index (χ0v) is 12.6. The van der Waals surface area contributed by atoms with Crippen molar-refractivity contribution in [3.63, 3.8) is 0 Å². The average molecular weight is 391 g/mol. The van der Waals surface area contributed by atoms with Crippen molar-refractivity contribution in [3.8, 4) is 5.75 Å². The summed E-state index contributed by atoms with van der Waals surface area (Å²) in [7, 11) is 0. The number of benzene rings is 2. The molecule has 0 aliphatic heterocycles. The Bertz CT molecular complexity index is 599. The van der Waals surface area contributed by atoms with Crippen LogP contribution in [0.25, 0.3) is 0 Å². The van der Waals surface area contributed by atoms with Crippen LogP contribution in [0.15, 0.2) is 42.5 Å². The molecule has 0 saturated heterocycles. The summed E-state index contributed by atoms with van der Waals surface area (Å²) < 4.78 is 19.5. The summed E-state index contributed by atoms with van der Waals surface area (Å²) in [5.74, 6) is -0.451. The number of halogens is 3. The predicted molar refractivity (Wildman–Crippen MR) is 80.4 cm³/mol. The molecule has 5 heteroatoms. The summed E-state index contributed by atoms with van der Waals surface area (Å²) in [5, 5.41) is 0.0244. The maximum absolute atomic E-state index is 13.2. The average Bonchev–Trinajstić information content (AvgIpc) is 2.40. The van der Waals surface area contributed by atoms with Crippen LogP contribution in [0.2, 0.25) is 5.02 Å². The zero-order valence-electron chi connectivity index (χ0n) is 9.70. The number of ketones is 1. The fourth-order valence-corrected chi connectivity index (χ4v) is 1.91. The molecule has 2 nitrogen and oxygen atoms in total. The van der Waals surface area contributed by atoms with Crippen LogP contribution >= 0.6 is 34.2 Å². The molecule has 19 heavy (non-hydrogen) atoms. The molecule has 0 aliphatic carbocycles. The molecule has 0 spiro atoms. The molecule has 98 valence electrons. The maximum atomic E-state index is 13.2. The first kappa shape index (κ1) is 14.3. The zero-order chi connectivity index (χ0) is 13.8. The Morgan fingerprint density at radius 2 is 1.89 bits per heavy atom. The van der Waals surface area contributed by atoms with Crippen LogP contribution < -0.4 is 4.74 Å². The third-order valence-electron chi connectivity index (χ3n) is 2.43. The largest absolute Gasteiger partial charge is 0.485 e. The fraction of sp³-hybridized carbons (Fsp3) is 0.0714. The van der Waals surface area contributed by atoms with Crippen LogP contribution in [-0.4, -0.2) is 12.4 Å². The van der Waals surface area contributed by atoms with E-state index in [1.807, 2.05) is 12.1 Å². The van der Waals surface area contributed by atoms with Gasteiger partial charge in [0.1, 0.15) is 11.6 Å². The van der Waals surface area contributed by atoms with Crippen molar-refractivity contribution in [3.05, 3.63) is 62.4 Å². The second kappa shape index (κ2) is 6.34. The topological polar surface area (TPSA) is 26.3 Å². The van der Waals surface area contributed by atoms with E-state index >= 15 is 0 Å². The Hall–Kier alpha value is -1.14. The third-order valence-corrected chi connectivity index (χ3v) is 3.45. The van der Waals surface area contributed by atoms with Crippen LogP contribution in [0.4, 0.5) is 4.39 Å². The van der Waals surface area contributed by atoms with E-state index in [2.05, 4.69) is 22.6 Å². The van der Waals surface area contributed by atoms with Crippen molar-refractivity contribution in [1.29, 1.82) is 0 Å². The summed E-state index contributed by atoms with van der Waals surface area (Å²) in [6.45, 7) is -0.137. The second-order valence-electron chi connectivity index (χ2n) is 3.79. The molecule has 0 saturated carbocycles. The molecule has 0 N–H and O–H groups in total. The second-order valence-corrected chi connectivity index (χ2v) is 5.45. The molecule has 2 aromatic carbocycles. The Kier molecular flexibility index (Phi) is 4.76. The van der Waals surface area contributed by atoms with Crippen molar-refractivity contribution < 1.29 is 13.9 Å². The van der Waals surface area contributed by atoms with Gasteiger partial charge in [0.15, 0.2) is 12.4 Å². The van der Waals surface area contributed by atoms with Gasteiger partial charge in [0, 0.05) is 15.2 Å². The number of rotatable bonds is 4. The highest BCUT2D eigenvalue weighted by molar-refractivity contribution is 14.1. The van der Waals surface area contributed by atoms with Gasteiger partial charge in [-0.1, -0.05) is 23.7 Å². The van der Waals surface area contributed by atoms with E-state index in [0.29, 0.717) is 5.56 Å². The van der Waals surface area contributed by atoms with Crippen LogP contribution in [0, 0.1) is 9.39 Å². The SMILES string of the molecule is O=C(COc1ccc(Cl)c(F)c1)c1ccc(I)cc1. The minimum absolute atomic E-state index is 0.0244. The first-order valence-electron chi connectivity index (χ1n) is 5.43. The van der Waals surface area contributed by atoms with Crippen LogP contribution in [0.5, 0.6) is 5.75 Å². The fourth-order valence-electron chi connectivity index (χ4n) is 1.43. The molecule has 0 bridgehead atoms. The summed E-state index contributed by atoms with van der Waals surface area (Å²) in [5.41, 5.74) is 0.565. The lowest BCUT2D eigenvalue weighted by Gasteiger charge is -2.06. The maximum Gasteiger partial charge on any atom is 0.200 e. The lowest BCUT2D eigenvalue weighted by molar-refractivity contribution is 0.0921. The van der Waals surface area contributed by atoms with E-state index in [1.165, 1.54) is 12.1 Å². The van der Waals surface area contributed by atoms with Gasteiger partial charge in [-0.2, -0.15) is 0 Å².